The number of hydrogen-bond acceptors (Lipinski definition) is 5. The third-order valence-electron chi connectivity index (χ3n) is 3.25. The van der Waals surface area contributed by atoms with Crippen LogP contribution >= 0.6 is 11.6 Å². The molecule has 1 aromatic heterocycles. The number of primary amides is 1. The Kier molecular flexibility index (Phi) is 6.24. The minimum absolute atomic E-state index is 0.144. The molecular weight excluding hydrogens is 348 g/mol. The molecule has 0 bridgehead atoms. The SMILES string of the molecule is COc1cc(C(=O)NC(C)Cn2cccn2)cc(Cl)c1OCC(N)=O. The van der Waals surface area contributed by atoms with Gasteiger partial charge >= 0.3 is 0 Å². The number of hydrogen-bond donors (Lipinski definition) is 2. The lowest BCUT2D eigenvalue weighted by Crippen LogP contribution is -2.35. The molecule has 8 nitrogen and oxygen atoms in total. The number of methoxy groups -OCH3 is 1. The normalized spacial score (nSPS) is 11.6. The van der Waals surface area contributed by atoms with Crippen molar-refractivity contribution < 1.29 is 19.1 Å². The molecule has 1 heterocycles. The third-order valence-corrected chi connectivity index (χ3v) is 3.53. The average molecular weight is 367 g/mol. The maximum Gasteiger partial charge on any atom is 0.255 e. The van der Waals surface area contributed by atoms with Gasteiger partial charge in [-0.25, -0.2) is 0 Å². The fourth-order valence-electron chi connectivity index (χ4n) is 2.18. The van der Waals surface area contributed by atoms with Crippen LogP contribution in [0.4, 0.5) is 0 Å². The zero-order valence-electron chi connectivity index (χ0n) is 13.9. The number of nitrogens with one attached hydrogen (secondary N) is 1. The molecular formula is C16H19ClN4O4. The van der Waals surface area contributed by atoms with Gasteiger partial charge in [-0.1, -0.05) is 11.6 Å². The average Bonchev–Trinajstić information content (AvgIpc) is 3.05. The molecule has 0 fully saturated rings. The summed E-state index contributed by atoms with van der Waals surface area (Å²) < 4.78 is 12.1. The van der Waals surface area contributed by atoms with Crippen LogP contribution in [0.3, 0.4) is 0 Å². The van der Waals surface area contributed by atoms with E-state index in [1.807, 2.05) is 19.2 Å². The van der Waals surface area contributed by atoms with Crippen LogP contribution in [-0.4, -0.2) is 41.4 Å². The molecule has 134 valence electrons. The topological polar surface area (TPSA) is 108 Å². The molecule has 0 aliphatic carbocycles. The molecule has 3 N–H and O–H groups in total. The first kappa shape index (κ1) is 18.6. The van der Waals surface area contributed by atoms with Gasteiger partial charge in [-0.15, -0.1) is 0 Å². The van der Waals surface area contributed by atoms with Crippen LogP contribution in [0, 0.1) is 0 Å². The maximum absolute atomic E-state index is 12.4. The van der Waals surface area contributed by atoms with Crippen LogP contribution in [0.1, 0.15) is 17.3 Å². The highest BCUT2D eigenvalue weighted by Gasteiger charge is 2.18. The van der Waals surface area contributed by atoms with E-state index >= 15 is 0 Å². The molecule has 0 aliphatic rings. The van der Waals surface area contributed by atoms with Crippen molar-refractivity contribution in [1.82, 2.24) is 15.1 Å². The second-order valence-corrected chi connectivity index (χ2v) is 5.75. The van der Waals surface area contributed by atoms with Gasteiger partial charge < -0.3 is 20.5 Å². The van der Waals surface area contributed by atoms with E-state index in [2.05, 4.69) is 10.4 Å². The molecule has 0 spiro atoms. The van der Waals surface area contributed by atoms with E-state index in [4.69, 9.17) is 26.8 Å². The van der Waals surface area contributed by atoms with E-state index in [1.165, 1.54) is 19.2 Å². The van der Waals surface area contributed by atoms with Crippen LogP contribution in [0.2, 0.25) is 5.02 Å². The first-order valence-electron chi connectivity index (χ1n) is 7.47. The summed E-state index contributed by atoms with van der Waals surface area (Å²) in [6.45, 7) is 2.05. The molecule has 1 atom stereocenters. The summed E-state index contributed by atoms with van der Waals surface area (Å²) in [6, 6.07) is 4.58. The van der Waals surface area contributed by atoms with E-state index in [0.717, 1.165) is 0 Å². The Morgan fingerprint density at radius 1 is 1.44 bits per heavy atom. The highest BCUT2D eigenvalue weighted by molar-refractivity contribution is 6.32. The second kappa shape index (κ2) is 8.39. The van der Waals surface area contributed by atoms with Crippen molar-refractivity contribution in [3.8, 4) is 11.5 Å². The van der Waals surface area contributed by atoms with Crippen LogP contribution in [-0.2, 0) is 11.3 Å². The zero-order chi connectivity index (χ0) is 18.4. The molecule has 0 saturated carbocycles. The second-order valence-electron chi connectivity index (χ2n) is 5.35. The van der Waals surface area contributed by atoms with Gasteiger partial charge in [0, 0.05) is 24.0 Å². The summed E-state index contributed by atoms with van der Waals surface area (Å²) in [5.74, 6) is -0.573. The number of halogens is 1. The quantitative estimate of drug-likeness (QED) is 0.730. The summed E-state index contributed by atoms with van der Waals surface area (Å²) in [6.07, 6.45) is 3.48. The van der Waals surface area contributed by atoms with E-state index in [1.54, 1.807) is 10.9 Å². The smallest absolute Gasteiger partial charge is 0.255 e. The first-order valence-corrected chi connectivity index (χ1v) is 7.85. The molecule has 0 saturated heterocycles. The molecule has 25 heavy (non-hydrogen) atoms. The van der Waals surface area contributed by atoms with Crippen molar-refractivity contribution in [3.63, 3.8) is 0 Å². The minimum Gasteiger partial charge on any atom is -0.493 e. The number of aromatic nitrogens is 2. The molecule has 2 aromatic rings. The van der Waals surface area contributed by atoms with Crippen LogP contribution in [0.15, 0.2) is 30.6 Å². The van der Waals surface area contributed by atoms with Crippen LogP contribution in [0.25, 0.3) is 0 Å². The van der Waals surface area contributed by atoms with Gasteiger partial charge in [0.2, 0.25) is 0 Å². The van der Waals surface area contributed by atoms with Crippen molar-refractivity contribution in [2.75, 3.05) is 13.7 Å². The lowest BCUT2D eigenvalue weighted by Gasteiger charge is -2.16. The Balaban J connectivity index is 2.11. The summed E-state index contributed by atoms with van der Waals surface area (Å²) in [5, 5.41) is 7.09. The Morgan fingerprint density at radius 2 is 2.20 bits per heavy atom. The third kappa shape index (κ3) is 5.12. The summed E-state index contributed by atoms with van der Waals surface area (Å²) >= 11 is 6.14. The maximum atomic E-state index is 12.4. The van der Waals surface area contributed by atoms with E-state index in [-0.39, 0.29) is 35.1 Å². The number of nitrogens with two attached hydrogens (primary N) is 1. The highest BCUT2D eigenvalue weighted by atomic mass is 35.5. The van der Waals surface area contributed by atoms with Crippen LogP contribution < -0.4 is 20.5 Å². The fourth-order valence-corrected chi connectivity index (χ4v) is 2.44. The molecule has 0 aliphatic heterocycles. The molecule has 9 heteroatoms. The molecule has 2 rings (SSSR count). The number of rotatable bonds is 8. The molecule has 1 unspecified atom stereocenters. The van der Waals surface area contributed by atoms with Crippen molar-refractivity contribution >= 4 is 23.4 Å². The summed E-state index contributed by atoms with van der Waals surface area (Å²) in [4.78, 5) is 23.3. The van der Waals surface area contributed by atoms with Crippen molar-refractivity contribution in [3.05, 3.63) is 41.2 Å². The van der Waals surface area contributed by atoms with Crippen LogP contribution in [0.5, 0.6) is 11.5 Å². The number of amides is 2. The molecule has 1 aromatic carbocycles. The zero-order valence-corrected chi connectivity index (χ0v) is 14.6. The number of ether oxygens (including phenoxy) is 2. The lowest BCUT2D eigenvalue weighted by molar-refractivity contribution is -0.119. The predicted octanol–water partition coefficient (Wildman–Crippen LogP) is 1.23. The lowest BCUT2D eigenvalue weighted by atomic mass is 10.1. The largest absolute Gasteiger partial charge is 0.493 e. The predicted molar refractivity (Wildman–Crippen MR) is 91.8 cm³/mol. The number of carbonyl (C=O) groups excluding carboxylic acids is 2. The van der Waals surface area contributed by atoms with E-state index < -0.39 is 5.91 Å². The Labute approximate surface area is 149 Å². The van der Waals surface area contributed by atoms with Gasteiger partial charge in [-0.2, -0.15) is 5.10 Å². The number of benzene rings is 1. The van der Waals surface area contributed by atoms with Crippen molar-refractivity contribution in [2.24, 2.45) is 5.73 Å². The first-order chi connectivity index (χ1) is 11.9. The van der Waals surface area contributed by atoms with Gasteiger partial charge in [0.1, 0.15) is 0 Å². The fraction of sp³-hybridized carbons (Fsp3) is 0.312. The Bertz CT molecular complexity index is 749. The molecule has 0 radical (unpaired) electrons. The number of carbonyl (C=O) groups is 2. The van der Waals surface area contributed by atoms with Gasteiger partial charge in [-0.3, -0.25) is 14.3 Å². The summed E-state index contributed by atoms with van der Waals surface area (Å²) in [7, 11) is 1.41. The van der Waals surface area contributed by atoms with Crippen molar-refractivity contribution in [1.29, 1.82) is 0 Å². The molecule has 2 amide bonds. The highest BCUT2D eigenvalue weighted by Crippen LogP contribution is 2.36. The number of nitrogens with zero attached hydrogens (tertiary/aromatic N) is 2. The van der Waals surface area contributed by atoms with Gasteiger partial charge in [0.05, 0.1) is 18.7 Å². The van der Waals surface area contributed by atoms with E-state index in [9.17, 15) is 9.59 Å². The Hall–Kier alpha value is -2.74. The minimum atomic E-state index is -0.646. The summed E-state index contributed by atoms with van der Waals surface area (Å²) in [5.41, 5.74) is 5.36. The van der Waals surface area contributed by atoms with E-state index in [0.29, 0.717) is 12.1 Å². The monoisotopic (exact) mass is 366 g/mol. The standard InChI is InChI=1S/C16H19ClN4O4/c1-10(8-21-5-3-4-19-21)20-16(23)11-6-12(17)15(13(7-11)24-2)25-9-14(18)22/h3-7,10H,8-9H2,1-2H3,(H2,18,22)(H,20,23). The van der Waals surface area contributed by atoms with Gasteiger partial charge in [0.25, 0.3) is 11.8 Å². The Morgan fingerprint density at radius 3 is 2.80 bits per heavy atom. The van der Waals surface area contributed by atoms with Crippen molar-refractivity contribution in [2.45, 2.75) is 19.5 Å². The van der Waals surface area contributed by atoms with Gasteiger partial charge in [-0.05, 0) is 25.1 Å². The van der Waals surface area contributed by atoms with Gasteiger partial charge in [0.15, 0.2) is 18.1 Å².